The van der Waals surface area contributed by atoms with Gasteiger partial charge in [0.25, 0.3) is 5.56 Å². The fourth-order valence-electron chi connectivity index (χ4n) is 1.34. The highest BCUT2D eigenvalue weighted by Gasteiger charge is 2.00. The van der Waals surface area contributed by atoms with Crippen LogP contribution < -0.4 is 10.3 Å². The van der Waals surface area contributed by atoms with Gasteiger partial charge in [-0.1, -0.05) is 29.8 Å². The molecule has 0 fully saturated rings. The van der Waals surface area contributed by atoms with E-state index < -0.39 is 0 Å². The molecule has 5 heteroatoms. The normalized spacial score (nSPS) is 10.3. The van der Waals surface area contributed by atoms with Crippen LogP contribution in [0.15, 0.2) is 41.2 Å². The molecule has 16 heavy (non-hydrogen) atoms. The van der Waals surface area contributed by atoms with E-state index in [0.29, 0.717) is 18.3 Å². The third-order valence-electron chi connectivity index (χ3n) is 2.08. The van der Waals surface area contributed by atoms with Crippen LogP contribution in [0, 0.1) is 0 Å². The number of nitrogens with one attached hydrogen (secondary N) is 1. The number of aromatic nitrogens is 2. The zero-order valence-corrected chi connectivity index (χ0v) is 9.28. The van der Waals surface area contributed by atoms with Crippen LogP contribution in [0.4, 0.5) is 0 Å². The fraction of sp³-hybridized carbons (Fsp3) is 0.182. The number of halogens is 1. The van der Waals surface area contributed by atoms with Gasteiger partial charge in [-0.05, 0) is 12.1 Å². The minimum Gasteiger partial charge on any atom is -0.492 e. The lowest BCUT2D eigenvalue weighted by molar-refractivity contribution is 0.289. The van der Waals surface area contributed by atoms with Crippen molar-refractivity contribution in [1.29, 1.82) is 0 Å². The number of hydrogen-bond donors (Lipinski definition) is 1. The molecule has 1 heterocycles. The Morgan fingerprint density at radius 2 is 2.06 bits per heavy atom. The summed E-state index contributed by atoms with van der Waals surface area (Å²) >= 11 is 5.64. The topological polar surface area (TPSA) is 47.0 Å². The number of rotatable bonds is 4. The zero-order valence-electron chi connectivity index (χ0n) is 8.52. The largest absolute Gasteiger partial charge is 0.492 e. The molecule has 2 aromatic rings. The maximum Gasteiger partial charge on any atom is 0.268 e. The summed E-state index contributed by atoms with van der Waals surface area (Å²) in [5.41, 5.74) is -0.151. The number of benzene rings is 1. The Hall–Kier alpha value is -1.68. The third kappa shape index (κ3) is 2.67. The van der Waals surface area contributed by atoms with Crippen molar-refractivity contribution in [2.45, 2.75) is 6.54 Å². The van der Waals surface area contributed by atoms with E-state index in [4.69, 9.17) is 16.3 Å². The van der Waals surface area contributed by atoms with E-state index in [2.05, 4.69) is 5.10 Å². The molecule has 0 atom stereocenters. The Bertz CT molecular complexity index is 504. The van der Waals surface area contributed by atoms with Gasteiger partial charge in [0.1, 0.15) is 17.5 Å². The summed E-state index contributed by atoms with van der Waals surface area (Å²) in [7, 11) is 0. The second-order valence-electron chi connectivity index (χ2n) is 3.26. The van der Waals surface area contributed by atoms with Crippen LogP contribution in [0.2, 0.25) is 5.15 Å². The Morgan fingerprint density at radius 1 is 1.31 bits per heavy atom. The molecule has 0 unspecified atom stereocenters. The van der Waals surface area contributed by atoms with E-state index in [1.165, 1.54) is 10.7 Å². The van der Waals surface area contributed by atoms with Gasteiger partial charge < -0.3 is 4.74 Å². The van der Waals surface area contributed by atoms with Crippen molar-refractivity contribution in [2.75, 3.05) is 6.61 Å². The summed E-state index contributed by atoms with van der Waals surface area (Å²) in [6.07, 6.45) is 0. The van der Waals surface area contributed by atoms with E-state index in [1.807, 2.05) is 30.3 Å². The Kier molecular flexibility index (Phi) is 3.31. The third-order valence-corrected chi connectivity index (χ3v) is 2.28. The van der Waals surface area contributed by atoms with E-state index in [-0.39, 0.29) is 5.56 Å². The van der Waals surface area contributed by atoms with Gasteiger partial charge in [0.2, 0.25) is 0 Å². The van der Waals surface area contributed by atoms with E-state index in [9.17, 15) is 4.79 Å². The molecule has 0 saturated carbocycles. The van der Waals surface area contributed by atoms with Crippen molar-refractivity contribution < 1.29 is 4.74 Å². The Balaban J connectivity index is 1.89. The first-order valence-electron chi connectivity index (χ1n) is 4.89. The van der Waals surface area contributed by atoms with Gasteiger partial charge >= 0.3 is 0 Å². The smallest absolute Gasteiger partial charge is 0.268 e. The summed E-state index contributed by atoms with van der Waals surface area (Å²) < 4.78 is 6.86. The van der Waals surface area contributed by atoms with Gasteiger partial charge in [-0.3, -0.25) is 9.89 Å². The monoisotopic (exact) mass is 238 g/mol. The highest BCUT2D eigenvalue weighted by molar-refractivity contribution is 6.29. The molecule has 1 aromatic heterocycles. The van der Waals surface area contributed by atoms with Crippen LogP contribution in [0.25, 0.3) is 0 Å². The van der Waals surface area contributed by atoms with Crippen LogP contribution in [-0.2, 0) is 6.54 Å². The molecule has 0 aliphatic heterocycles. The standard InChI is InChI=1S/C11H11ClN2O2/c12-10-8-11(15)14(13-10)6-7-16-9-4-2-1-3-5-9/h1-5,8,13H,6-7H2. The molecule has 0 aliphatic rings. The summed E-state index contributed by atoms with van der Waals surface area (Å²) in [6.45, 7) is 0.862. The van der Waals surface area contributed by atoms with Gasteiger partial charge in [0.05, 0.1) is 6.54 Å². The van der Waals surface area contributed by atoms with Crippen molar-refractivity contribution in [3.63, 3.8) is 0 Å². The second-order valence-corrected chi connectivity index (χ2v) is 3.66. The van der Waals surface area contributed by atoms with Gasteiger partial charge in [-0.25, -0.2) is 4.68 Å². The Labute approximate surface area is 97.4 Å². The fourth-order valence-corrected chi connectivity index (χ4v) is 1.54. The highest BCUT2D eigenvalue weighted by atomic mass is 35.5. The van der Waals surface area contributed by atoms with E-state index >= 15 is 0 Å². The first-order chi connectivity index (χ1) is 7.75. The molecule has 1 N–H and O–H groups in total. The average molecular weight is 239 g/mol. The van der Waals surface area contributed by atoms with Crippen molar-refractivity contribution in [3.05, 3.63) is 51.9 Å². The van der Waals surface area contributed by atoms with Gasteiger partial charge in [-0.15, -0.1) is 0 Å². The van der Waals surface area contributed by atoms with Crippen molar-refractivity contribution in [2.24, 2.45) is 0 Å². The van der Waals surface area contributed by atoms with Crippen molar-refractivity contribution >= 4 is 11.6 Å². The first kappa shape index (κ1) is 10.8. The van der Waals surface area contributed by atoms with Gasteiger partial charge in [0.15, 0.2) is 0 Å². The lowest BCUT2D eigenvalue weighted by Crippen LogP contribution is -2.19. The molecule has 4 nitrogen and oxygen atoms in total. The first-order valence-corrected chi connectivity index (χ1v) is 5.27. The lowest BCUT2D eigenvalue weighted by Gasteiger charge is -2.05. The number of nitrogens with zero attached hydrogens (tertiary/aromatic N) is 1. The molecule has 84 valence electrons. The lowest BCUT2D eigenvalue weighted by atomic mass is 10.3. The summed E-state index contributed by atoms with van der Waals surface area (Å²) in [5.74, 6) is 0.785. The van der Waals surface area contributed by atoms with Crippen LogP contribution in [0.5, 0.6) is 5.75 Å². The predicted molar refractivity (Wildman–Crippen MR) is 62.0 cm³/mol. The zero-order chi connectivity index (χ0) is 11.4. The van der Waals surface area contributed by atoms with Crippen LogP contribution in [0.1, 0.15) is 0 Å². The van der Waals surface area contributed by atoms with Gasteiger partial charge in [0, 0.05) is 6.07 Å². The number of aromatic amines is 1. The van der Waals surface area contributed by atoms with Crippen LogP contribution >= 0.6 is 11.6 Å². The number of hydrogen-bond acceptors (Lipinski definition) is 2. The van der Waals surface area contributed by atoms with E-state index in [0.717, 1.165) is 5.75 Å². The predicted octanol–water partition coefficient (Wildman–Crippen LogP) is 1.91. The molecule has 0 bridgehead atoms. The quantitative estimate of drug-likeness (QED) is 0.885. The maximum absolute atomic E-state index is 11.3. The van der Waals surface area contributed by atoms with Crippen molar-refractivity contribution in [1.82, 2.24) is 9.78 Å². The number of H-pyrrole nitrogens is 1. The summed E-state index contributed by atoms with van der Waals surface area (Å²) in [5, 5.41) is 3.06. The van der Waals surface area contributed by atoms with Gasteiger partial charge in [-0.2, -0.15) is 0 Å². The molecular formula is C11H11ClN2O2. The molecule has 0 aliphatic carbocycles. The molecule has 0 saturated heterocycles. The number of ether oxygens (including phenoxy) is 1. The van der Waals surface area contributed by atoms with E-state index in [1.54, 1.807) is 0 Å². The molecular weight excluding hydrogens is 228 g/mol. The van der Waals surface area contributed by atoms with Crippen LogP contribution in [-0.4, -0.2) is 16.4 Å². The molecule has 0 spiro atoms. The summed E-state index contributed by atoms with van der Waals surface area (Å²) in [6, 6.07) is 10.8. The molecule has 2 rings (SSSR count). The molecule has 1 aromatic carbocycles. The number of para-hydroxylation sites is 1. The molecule has 0 amide bonds. The average Bonchev–Trinajstić information content (AvgIpc) is 2.59. The maximum atomic E-state index is 11.3. The SMILES string of the molecule is O=c1cc(Cl)[nH]n1CCOc1ccccc1. The van der Waals surface area contributed by atoms with Crippen LogP contribution in [0.3, 0.4) is 0 Å². The second kappa shape index (κ2) is 4.90. The highest BCUT2D eigenvalue weighted by Crippen LogP contribution is 2.07. The minimum absolute atomic E-state index is 0.151. The van der Waals surface area contributed by atoms with Crippen molar-refractivity contribution in [3.8, 4) is 5.75 Å². The minimum atomic E-state index is -0.151. The summed E-state index contributed by atoms with van der Waals surface area (Å²) in [4.78, 5) is 11.3. The Morgan fingerprint density at radius 3 is 2.69 bits per heavy atom. The molecule has 0 radical (unpaired) electrons.